The fraction of sp³-hybridized carbons (Fsp3) is 0.800. The molecule has 78 valence electrons. The van der Waals surface area contributed by atoms with E-state index in [2.05, 4.69) is 25.3 Å². The highest BCUT2D eigenvalue weighted by Crippen LogP contribution is 2.01. The van der Waals surface area contributed by atoms with E-state index >= 15 is 0 Å². The van der Waals surface area contributed by atoms with Crippen molar-refractivity contribution in [3.63, 3.8) is 0 Å². The SMILES string of the molecule is C=CCN(CCO)CC(N)C(C)C. The molecular formula is C10H22N2O. The van der Waals surface area contributed by atoms with E-state index in [1.54, 1.807) is 0 Å². The van der Waals surface area contributed by atoms with E-state index in [1.165, 1.54) is 0 Å². The molecule has 1 unspecified atom stereocenters. The summed E-state index contributed by atoms with van der Waals surface area (Å²) < 4.78 is 0. The van der Waals surface area contributed by atoms with Gasteiger partial charge in [-0.1, -0.05) is 19.9 Å². The Morgan fingerprint density at radius 3 is 2.54 bits per heavy atom. The Bertz CT molecular complexity index is 137. The first-order valence-corrected chi connectivity index (χ1v) is 4.81. The molecule has 3 heteroatoms. The topological polar surface area (TPSA) is 49.5 Å². The minimum absolute atomic E-state index is 0.173. The molecule has 0 aliphatic heterocycles. The number of nitrogens with zero attached hydrogens (tertiary/aromatic N) is 1. The lowest BCUT2D eigenvalue weighted by molar-refractivity contribution is 0.193. The Morgan fingerprint density at radius 1 is 1.54 bits per heavy atom. The molecule has 0 aliphatic rings. The second kappa shape index (κ2) is 7.06. The molecule has 0 aromatic heterocycles. The van der Waals surface area contributed by atoms with Crippen LogP contribution in [0.3, 0.4) is 0 Å². The summed E-state index contributed by atoms with van der Waals surface area (Å²) in [6.45, 7) is 10.4. The minimum Gasteiger partial charge on any atom is -0.395 e. The van der Waals surface area contributed by atoms with Crippen molar-refractivity contribution in [2.75, 3.05) is 26.2 Å². The van der Waals surface area contributed by atoms with E-state index < -0.39 is 0 Å². The van der Waals surface area contributed by atoms with Gasteiger partial charge in [-0.05, 0) is 5.92 Å². The van der Waals surface area contributed by atoms with Crippen molar-refractivity contribution in [2.45, 2.75) is 19.9 Å². The lowest BCUT2D eigenvalue weighted by Crippen LogP contribution is -2.41. The van der Waals surface area contributed by atoms with Crippen LogP contribution in [0.25, 0.3) is 0 Å². The minimum atomic E-state index is 0.173. The number of hydrogen-bond acceptors (Lipinski definition) is 3. The van der Waals surface area contributed by atoms with E-state index in [0.717, 1.165) is 13.1 Å². The van der Waals surface area contributed by atoms with Crippen molar-refractivity contribution in [2.24, 2.45) is 11.7 Å². The normalized spacial score (nSPS) is 13.7. The summed E-state index contributed by atoms with van der Waals surface area (Å²) in [5, 5.41) is 8.80. The first kappa shape index (κ1) is 12.6. The molecule has 0 saturated heterocycles. The fourth-order valence-electron chi connectivity index (χ4n) is 1.09. The van der Waals surface area contributed by atoms with Gasteiger partial charge in [0, 0.05) is 25.7 Å². The van der Waals surface area contributed by atoms with E-state index in [9.17, 15) is 0 Å². The monoisotopic (exact) mass is 186 g/mol. The van der Waals surface area contributed by atoms with E-state index in [0.29, 0.717) is 12.5 Å². The maximum absolute atomic E-state index is 8.80. The van der Waals surface area contributed by atoms with Crippen molar-refractivity contribution >= 4 is 0 Å². The van der Waals surface area contributed by atoms with Gasteiger partial charge in [0.2, 0.25) is 0 Å². The van der Waals surface area contributed by atoms with Gasteiger partial charge < -0.3 is 10.8 Å². The first-order valence-electron chi connectivity index (χ1n) is 4.81. The van der Waals surface area contributed by atoms with Crippen molar-refractivity contribution in [3.05, 3.63) is 12.7 Å². The average molecular weight is 186 g/mol. The molecule has 0 radical (unpaired) electrons. The van der Waals surface area contributed by atoms with Gasteiger partial charge in [-0.2, -0.15) is 0 Å². The molecule has 0 fully saturated rings. The number of nitrogens with two attached hydrogens (primary N) is 1. The molecule has 0 spiro atoms. The number of hydrogen-bond donors (Lipinski definition) is 2. The molecule has 3 N–H and O–H groups in total. The molecule has 0 aromatic carbocycles. The predicted octanol–water partition coefficient (Wildman–Crippen LogP) is 0.450. The summed E-state index contributed by atoms with van der Waals surface area (Å²) in [5.74, 6) is 0.478. The van der Waals surface area contributed by atoms with Crippen LogP contribution < -0.4 is 5.73 Å². The molecule has 0 rings (SSSR count). The summed E-state index contributed by atoms with van der Waals surface area (Å²) in [6, 6.07) is 0.173. The average Bonchev–Trinajstić information content (AvgIpc) is 2.05. The molecular weight excluding hydrogens is 164 g/mol. The molecule has 0 bridgehead atoms. The Hall–Kier alpha value is -0.380. The predicted molar refractivity (Wildman–Crippen MR) is 56.5 cm³/mol. The van der Waals surface area contributed by atoms with Crippen LogP contribution in [-0.4, -0.2) is 42.3 Å². The van der Waals surface area contributed by atoms with Crippen LogP contribution in [-0.2, 0) is 0 Å². The maximum Gasteiger partial charge on any atom is 0.0558 e. The fourth-order valence-corrected chi connectivity index (χ4v) is 1.09. The number of rotatable bonds is 7. The van der Waals surface area contributed by atoms with Gasteiger partial charge in [-0.15, -0.1) is 6.58 Å². The molecule has 0 aliphatic carbocycles. The maximum atomic E-state index is 8.80. The van der Waals surface area contributed by atoms with Gasteiger partial charge >= 0.3 is 0 Å². The van der Waals surface area contributed by atoms with E-state index in [4.69, 9.17) is 10.8 Å². The summed E-state index contributed by atoms with van der Waals surface area (Å²) in [4.78, 5) is 2.11. The Labute approximate surface area is 81.2 Å². The standard InChI is InChI=1S/C10H22N2O/c1-4-5-12(6-7-13)8-10(11)9(2)3/h4,9-10,13H,1,5-8,11H2,2-3H3. The van der Waals surface area contributed by atoms with Gasteiger partial charge in [0.25, 0.3) is 0 Å². The molecule has 13 heavy (non-hydrogen) atoms. The van der Waals surface area contributed by atoms with Gasteiger partial charge in [-0.25, -0.2) is 0 Å². The van der Waals surface area contributed by atoms with Gasteiger partial charge in [0.1, 0.15) is 0 Å². The lowest BCUT2D eigenvalue weighted by atomic mass is 10.1. The molecule has 3 nitrogen and oxygen atoms in total. The van der Waals surface area contributed by atoms with Gasteiger partial charge in [0.05, 0.1) is 6.61 Å². The third kappa shape index (κ3) is 5.80. The van der Waals surface area contributed by atoms with Crippen molar-refractivity contribution in [3.8, 4) is 0 Å². The molecule has 1 atom stereocenters. The smallest absolute Gasteiger partial charge is 0.0558 e. The quantitative estimate of drug-likeness (QED) is 0.568. The van der Waals surface area contributed by atoms with E-state index in [1.807, 2.05) is 6.08 Å². The summed E-state index contributed by atoms with van der Waals surface area (Å²) in [7, 11) is 0. The zero-order chi connectivity index (χ0) is 10.3. The second-order valence-corrected chi connectivity index (χ2v) is 3.68. The Balaban J connectivity index is 3.85. The zero-order valence-corrected chi connectivity index (χ0v) is 8.74. The van der Waals surface area contributed by atoms with Crippen molar-refractivity contribution < 1.29 is 5.11 Å². The second-order valence-electron chi connectivity index (χ2n) is 3.68. The molecule has 0 saturated carbocycles. The van der Waals surface area contributed by atoms with Crippen LogP contribution in [0, 0.1) is 5.92 Å². The zero-order valence-electron chi connectivity index (χ0n) is 8.74. The highest BCUT2D eigenvalue weighted by molar-refractivity contribution is 4.77. The number of aliphatic hydroxyl groups excluding tert-OH is 1. The van der Waals surface area contributed by atoms with Crippen LogP contribution in [0.4, 0.5) is 0 Å². The van der Waals surface area contributed by atoms with Crippen molar-refractivity contribution in [1.82, 2.24) is 4.90 Å². The summed E-state index contributed by atoms with van der Waals surface area (Å²) in [6.07, 6.45) is 1.84. The summed E-state index contributed by atoms with van der Waals surface area (Å²) >= 11 is 0. The van der Waals surface area contributed by atoms with Gasteiger partial charge in [-0.3, -0.25) is 4.90 Å². The summed E-state index contributed by atoms with van der Waals surface area (Å²) in [5.41, 5.74) is 5.92. The highest BCUT2D eigenvalue weighted by Gasteiger charge is 2.11. The van der Waals surface area contributed by atoms with Crippen LogP contribution in [0.15, 0.2) is 12.7 Å². The first-order chi connectivity index (χ1) is 6.11. The highest BCUT2D eigenvalue weighted by atomic mass is 16.3. The Morgan fingerprint density at radius 2 is 2.15 bits per heavy atom. The van der Waals surface area contributed by atoms with Crippen LogP contribution >= 0.6 is 0 Å². The van der Waals surface area contributed by atoms with Crippen molar-refractivity contribution in [1.29, 1.82) is 0 Å². The third-order valence-corrected chi connectivity index (χ3v) is 2.13. The van der Waals surface area contributed by atoms with Crippen LogP contribution in [0.1, 0.15) is 13.8 Å². The third-order valence-electron chi connectivity index (χ3n) is 2.13. The Kier molecular flexibility index (Phi) is 6.86. The molecule has 0 heterocycles. The van der Waals surface area contributed by atoms with Crippen LogP contribution in [0.5, 0.6) is 0 Å². The number of aliphatic hydroxyl groups is 1. The molecule has 0 amide bonds. The lowest BCUT2D eigenvalue weighted by Gasteiger charge is -2.25. The van der Waals surface area contributed by atoms with Gasteiger partial charge in [0.15, 0.2) is 0 Å². The largest absolute Gasteiger partial charge is 0.395 e. The van der Waals surface area contributed by atoms with Crippen LogP contribution in [0.2, 0.25) is 0 Å². The van der Waals surface area contributed by atoms with E-state index in [-0.39, 0.29) is 12.6 Å². The molecule has 0 aromatic rings.